The molecule has 0 atom stereocenters. The van der Waals surface area contributed by atoms with Crippen LogP contribution in [-0.4, -0.2) is 35.7 Å². The number of aromatic nitrogens is 2. The smallest absolute Gasteiger partial charge is 0.222 e. The first-order chi connectivity index (χ1) is 14.1. The number of benzene rings is 2. The Kier molecular flexibility index (Phi) is 7.11. The largest absolute Gasteiger partial charge is 0.497 e. The van der Waals surface area contributed by atoms with Crippen LogP contribution in [-0.2, 0) is 17.8 Å². The Balaban J connectivity index is 1.64. The van der Waals surface area contributed by atoms with Crippen molar-refractivity contribution in [1.82, 2.24) is 14.9 Å². The summed E-state index contributed by atoms with van der Waals surface area (Å²) in [5, 5.41) is 2.97. The van der Waals surface area contributed by atoms with Gasteiger partial charge in [-0.25, -0.2) is 4.98 Å². The number of hydrogen-bond donors (Lipinski definition) is 1. The van der Waals surface area contributed by atoms with E-state index in [-0.39, 0.29) is 11.8 Å². The highest BCUT2D eigenvalue weighted by molar-refractivity contribution is 5.77. The number of amides is 1. The van der Waals surface area contributed by atoms with Crippen molar-refractivity contribution in [3.63, 3.8) is 0 Å². The van der Waals surface area contributed by atoms with E-state index in [0.717, 1.165) is 41.2 Å². The SMILES string of the molecule is COc1cccc(OCCn2c(CCCNC(=O)C(C)C)nc3ccccc32)c1. The Bertz CT molecular complexity index is 949. The van der Waals surface area contributed by atoms with E-state index in [2.05, 4.69) is 16.0 Å². The lowest BCUT2D eigenvalue weighted by molar-refractivity contribution is -0.123. The molecule has 3 aromatic rings. The van der Waals surface area contributed by atoms with E-state index < -0.39 is 0 Å². The number of nitrogens with zero attached hydrogens (tertiary/aromatic N) is 2. The molecule has 29 heavy (non-hydrogen) atoms. The van der Waals surface area contributed by atoms with Gasteiger partial charge in [0.1, 0.15) is 23.9 Å². The molecule has 154 valence electrons. The number of carbonyl (C=O) groups excluding carboxylic acids is 1. The van der Waals surface area contributed by atoms with Gasteiger partial charge in [-0.05, 0) is 30.7 Å². The lowest BCUT2D eigenvalue weighted by atomic mass is 10.2. The van der Waals surface area contributed by atoms with Gasteiger partial charge in [0.15, 0.2) is 0 Å². The van der Waals surface area contributed by atoms with Gasteiger partial charge in [-0.2, -0.15) is 0 Å². The second-order valence-electron chi connectivity index (χ2n) is 7.25. The number of methoxy groups -OCH3 is 1. The number of para-hydroxylation sites is 2. The van der Waals surface area contributed by atoms with E-state index in [1.165, 1.54) is 0 Å². The number of carbonyl (C=O) groups is 1. The molecule has 0 unspecified atom stereocenters. The van der Waals surface area contributed by atoms with Gasteiger partial charge < -0.3 is 19.4 Å². The van der Waals surface area contributed by atoms with Gasteiger partial charge in [0.05, 0.1) is 24.7 Å². The second kappa shape index (κ2) is 9.96. The molecule has 0 saturated carbocycles. The average molecular weight is 396 g/mol. The predicted molar refractivity (Wildman–Crippen MR) is 114 cm³/mol. The molecule has 1 amide bonds. The molecule has 3 rings (SSSR count). The Hall–Kier alpha value is -3.02. The molecule has 2 aromatic carbocycles. The van der Waals surface area contributed by atoms with Crippen molar-refractivity contribution in [3.05, 3.63) is 54.4 Å². The maximum absolute atomic E-state index is 11.7. The second-order valence-corrected chi connectivity index (χ2v) is 7.25. The molecule has 1 aromatic heterocycles. The van der Waals surface area contributed by atoms with Gasteiger partial charge in [-0.3, -0.25) is 4.79 Å². The molecule has 1 heterocycles. The number of fused-ring (bicyclic) bond motifs is 1. The first-order valence-electron chi connectivity index (χ1n) is 10.1. The van der Waals surface area contributed by atoms with Gasteiger partial charge in [0.2, 0.25) is 5.91 Å². The van der Waals surface area contributed by atoms with Crippen LogP contribution in [0, 0.1) is 5.92 Å². The van der Waals surface area contributed by atoms with E-state index in [0.29, 0.717) is 19.7 Å². The quantitative estimate of drug-likeness (QED) is 0.530. The molecule has 0 radical (unpaired) electrons. The van der Waals surface area contributed by atoms with Gasteiger partial charge >= 0.3 is 0 Å². The van der Waals surface area contributed by atoms with Crippen molar-refractivity contribution in [1.29, 1.82) is 0 Å². The molecule has 0 saturated heterocycles. The van der Waals surface area contributed by atoms with Gasteiger partial charge in [0.25, 0.3) is 0 Å². The van der Waals surface area contributed by atoms with E-state index in [4.69, 9.17) is 14.5 Å². The van der Waals surface area contributed by atoms with Crippen molar-refractivity contribution < 1.29 is 14.3 Å². The third-order valence-electron chi connectivity index (χ3n) is 4.76. The number of hydrogen-bond acceptors (Lipinski definition) is 4. The third kappa shape index (κ3) is 5.50. The van der Waals surface area contributed by atoms with Crippen LogP contribution in [0.25, 0.3) is 11.0 Å². The number of nitrogens with one attached hydrogen (secondary N) is 1. The maximum atomic E-state index is 11.7. The summed E-state index contributed by atoms with van der Waals surface area (Å²) >= 11 is 0. The molecule has 1 N–H and O–H groups in total. The van der Waals surface area contributed by atoms with Crippen LogP contribution in [0.5, 0.6) is 11.5 Å². The normalized spacial score (nSPS) is 11.0. The van der Waals surface area contributed by atoms with Crippen molar-refractivity contribution in [2.75, 3.05) is 20.3 Å². The molecule has 0 aliphatic heterocycles. The van der Waals surface area contributed by atoms with Crippen molar-refractivity contribution >= 4 is 16.9 Å². The molecule has 6 nitrogen and oxygen atoms in total. The van der Waals surface area contributed by atoms with E-state index in [9.17, 15) is 4.79 Å². The number of ether oxygens (including phenoxy) is 2. The van der Waals surface area contributed by atoms with Crippen molar-refractivity contribution in [3.8, 4) is 11.5 Å². The Morgan fingerprint density at radius 2 is 1.93 bits per heavy atom. The highest BCUT2D eigenvalue weighted by atomic mass is 16.5. The van der Waals surface area contributed by atoms with Crippen LogP contribution >= 0.6 is 0 Å². The Morgan fingerprint density at radius 3 is 2.72 bits per heavy atom. The molecular formula is C23H29N3O3. The fourth-order valence-corrected chi connectivity index (χ4v) is 3.17. The monoisotopic (exact) mass is 395 g/mol. The van der Waals surface area contributed by atoms with Gasteiger partial charge in [-0.1, -0.05) is 32.0 Å². The van der Waals surface area contributed by atoms with E-state index >= 15 is 0 Å². The predicted octanol–water partition coefficient (Wildman–Crippen LogP) is 3.83. The molecular weight excluding hydrogens is 366 g/mol. The summed E-state index contributed by atoms with van der Waals surface area (Å²) in [6, 6.07) is 15.7. The molecule has 0 bridgehead atoms. The van der Waals surface area contributed by atoms with Crippen LogP contribution < -0.4 is 14.8 Å². The summed E-state index contributed by atoms with van der Waals surface area (Å²) < 4.78 is 13.4. The molecule has 6 heteroatoms. The fraction of sp³-hybridized carbons (Fsp3) is 0.391. The molecule has 0 spiro atoms. The summed E-state index contributed by atoms with van der Waals surface area (Å²) in [4.78, 5) is 16.5. The summed E-state index contributed by atoms with van der Waals surface area (Å²) in [6.45, 7) is 5.69. The Labute approximate surface area is 171 Å². The zero-order valence-electron chi connectivity index (χ0n) is 17.4. The third-order valence-corrected chi connectivity index (χ3v) is 4.76. The summed E-state index contributed by atoms with van der Waals surface area (Å²) in [5.74, 6) is 2.67. The van der Waals surface area contributed by atoms with Gasteiger partial charge in [0, 0.05) is 24.9 Å². The van der Waals surface area contributed by atoms with Crippen LogP contribution in [0.3, 0.4) is 0 Å². The summed E-state index contributed by atoms with van der Waals surface area (Å²) in [7, 11) is 1.65. The lowest BCUT2D eigenvalue weighted by Gasteiger charge is -2.12. The first-order valence-corrected chi connectivity index (χ1v) is 10.1. The average Bonchev–Trinajstić information content (AvgIpc) is 3.08. The number of imidazole rings is 1. The maximum Gasteiger partial charge on any atom is 0.222 e. The highest BCUT2D eigenvalue weighted by Gasteiger charge is 2.11. The van der Waals surface area contributed by atoms with E-state index in [1.807, 2.05) is 56.3 Å². The molecule has 0 fully saturated rings. The zero-order chi connectivity index (χ0) is 20.6. The van der Waals surface area contributed by atoms with Crippen LogP contribution in [0.4, 0.5) is 0 Å². The lowest BCUT2D eigenvalue weighted by Crippen LogP contribution is -2.28. The summed E-state index contributed by atoms with van der Waals surface area (Å²) in [5.41, 5.74) is 2.08. The molecule has 0 aliphatic rings. The van der Waals surface area contributed by atoms with E-state index in [1.54, 1.807) is 7.11 Å². The minimum atomic E-state index is 0.00772. The van der Waals surface area contributed by atoms with Gasteiger partial charge in [-0.15, -0.1) is 0 Å². The zero-order valence-corrected chi connectivity index (χ0v) is 17.4. The highest BCUT2D eigenvalue weighted by Crippen LogP contribution is 2.20. The number of rotatable bonds is 10. The topological polar surface area (TPSA) is 65.4 Å². The minimum Gasteiger partial charge on any atom is -0.497 e. The van der Waals surface area contributed by atoms with Crippen molar-refractivity contribution in [2.45, 2.75) is 33.2 Å². The standard InChI is InChI=1S/C23H29N3O3/c1-17(2)23(27)24-13-7-12-22-25-20-10-4-5-11-21(20)26(22)14-15-29-19-9-6-8-18(16-19)28-3/h4-6,8-11,16-17H,7,12-15H2,1-3H3,(H,24,27). The Morgan fingerprint density at radius 1 is 1.14 bits per heavy atom. The summed E-state index contributed by atoms with van der Waals surface area (Å²) in [6.07, 6.45) is 1.64. The fourth-order valence-electron chi connectivity index (χ4n) is 3.17. The minimum absolute atomic E-state index is 0.00772. The molecule has 0 aliphatic carbocycles. The van der Waals surface area contributed by atoms with Crippen LogP contribution in [0.15, 0.2) is 48.5 Å². The van der Waals surface area contributed by atoms with Crippen LogP contribution in [0.2, 0.25) is 0 Å². The first kappa shape index (κ1) is 20.7. The van der Waals surface area contributed by atoms with Crippen molar-refractivity contribution in [2.24, 2.45) is 5.92 Å². The van der Waals surface area contributed by atoms with Crippen LogP contribution in [0.1, 0.15) is 26.1 Å². The number of aryl methyl sites for hydroxylation is 1.